The lowest BCUT2D eigenvalue weighted by Gasteiger charge is -2.26. The molecule has 6 heteroatoms. The Hall–Kier alpha value is -0.763. The van der Waals surface area contributed by atoms with Crippen LogP contribution in [-0.2, 0) is 19.7 Å². The molecule has 0 spiro atoms. The van der Waals surface area contributed by atoms with Crippen molar-refractivity contribution in [2.24, 2.45) is 5.73 Å². The van der Waals surface area contributed by atoms with Crippen molar-refractivity contribution in [3.05, 3.63) is 35.9 Å². The predicted octanol–water partition coefficient (Wildman–Crippen LogP) is 1.42. The smallest absolute Gasteiger partial charge is 0.377 e. The van der Waals surface area contributed by atoms with Crippen molar-refractivity contribution in [3.8, 4) is 0 Å². The molecule has 3 N–H and O–H groups in total. The maximum atomic E-state index is 5.98. The quantitative estimate of drug-likeness (QED) is 0.451. The summed E-state index contributed by atoms with van der Waals surface area (Å²) in [4.78, 5) is 0. The molecule has 0 atom stereocenters. The third kappa shape index (κ3) is 7.17. The zero-order valence-corrected chi connectivity index (χ0v) is 14.1. The van der Waals surface area contributed by atoms with E-state index in [2.05, 4.69) is 17.4 Å². The van der Waals surface area contributed by atoms with Gasteiger partial charge in [0, 0.05) is 40.0 Å². The molecule has 1 aromatic rings. The third-order valence-corrected chi connectivity index (χ3v) is 6.19. The van der Waals surface area contributed by atoms with Gasteiger partial charge in [0.2, 0.25) is 0 Å². The first kappa shape index (κ1) is 18.3. The molecular formula is C15H28N2O3Si. The number of benzene rings is 1. The van der Waals surface area contributed by atoms with E-state index in [0.29, 0.717) is 13.2 Å². The fraction of sp³-hybridized carbons (Fsp3) is 0.600. The summed E-state index contributed by atoms with van der Waals surface area (Å²) in [5.74, 6) is 0. The summed E-state index contributed by atoms with van der Waals surface area (Å²) < 4.78 is 17.1. The van der Waals surface area contributed by atoms with Crippen molar-refractivity contribution in [3.63, 3.8) is 0 Å². The van der Waals surface area contributed by atoms with Crippen molar-refractivity contribution in [1.82, 2.24) is 5.32 Å². The van der Waals surface area contributed by atoms with E-state index in [1.807, 2.05) is 18.2 Å². The van der Waals surface area contributed by atoms with Crippen LogP contribution in [0.15, 0.2) is 30.3 Å². The monoisotopic (exact) mass is 312 g/mol. The number of hydrogen-bond acceptors (Lipinski definition) is 5. The fourth-order valence-corrected chi connectivity index (χ4v) is 4.08. The van der Waals surface area contributed by atoms with Gasteiger partial charge in [0.1, 0.15) is 0 Å². The first-order chi connectivity index (χ1) is 10.3. The summed E-state index contributed by atoms with van der Waals surface area (Å²) >= 11 is 0. The number of nitrogens with two attached hydrogens (primary N) is 1. The Balaban J connectivity index is 2.33. The van der Waals surface area contributed by atoms with E-state index in [1.165, 1.54) is 5.56 Å². The molecular weight excluding hydrogens is 284 g/mol. The van der Waals surface area contributed by atoms with E-state index in [1.54, 1.807) is 14.2 Å². The topological polar surface area (TPSA) is 65.7 Å². The van der Waals surface area contributed by atoms with E-state index in [-0.39, 0.29) is 0 Å². The maximum Gasteiger partial charge on any atom is 0.500 e. The molecule has 0 aliphatic rings. The van der Waals surface area contributed by atoms with Crippen molar-refractivity contribution in [2.45, 2.75) is 18.9 Å². The molecule has 0 aliphatic heterocycles. The summed E-state index contributed by atoms with van der Waals surface area (Å²) in [6.45, 7) is 3.02. The van der Waals surface area contributed by atoms with E-state index in [0.717, 1.165) is 32.0 Å². The normalized spacial score (nSPS) is 11.8. The minimum absolute atomic E-state index is 0.619. The highest BCUT2D eigenvalue weighted by molar-refractivity contribution is 6.60. The number of nitrogens with one attached hydrogen (secondary N) is 1. The van der Waals surface area contributed by atoms with Gasteiger partial charge in [-0.05, 0) is 24.9 Å². The second kappa shape index (κ2) is 10.9. The second-order valence-electron chi connectivity index (χ2n) is 4.82. The fourth-order valence-electron chi connectivity index (χ4n) is 2.10. The minimum Gasteiger partial charge on any atom is -0.377 e. The van der Waals surface area contributed by atoms with Crippen LogP contribution in [0.1, 0.15) is 12.0 Å². The molecule has 0 aromatic heterocycles. The first-order valence-corrected chi connectivity index (χ1v) is 9.38. The van der Waals surface area contributed by atoms with Gasteiger partial charge in [-0.3, -0.25) is 0 Å². The van der Waals surface area contributed by atoms with E-state index in [9.17, 15) is 0 Å². The predicted molar refractivity (Wildman–Crippen MR) is 87.2 cm³/mol. The van der Waals surface area contributed by atoms with Crippen molar-refractivity contribution < 1.29 is 13.3 Å². The summed E-state index contributed by atoms with van der Waals surface area (Å²) in [5, 5.41) is 3.27. The van der Waals surface area contributed by atoms with Gasteiger partial charge in [0.15, 0.2) is 0 Å². The largest absolute Gasteiger partial charge is 0.500 e. The molecule has 0 bridgehead atoms. The second-order valence-corrected chi connectivity index (χ2v) is 7.79. The Morgan fingerprint density at radius 2 is 1.81 bits per heavy atom. The Bertz CT molecular complexity index is 361. The standard InChI is InChI=1S/C15H28N2O3Si/c1-18-21(19-2,14-6-11-17-12-10-16)20-13-9-15-7-4-3-5-8-15/h3-5,7-8,17H,6,9-14,16H2,1-2H3. The summed E-state index contributed by atoms with van der Waals surface area (Å²) in [6.07, 6.45) is 1.83. The molecule has 0 saturated carbocycles. The SMILES string of the molecule is CO[Si](CCCNCCN)(OC)OCCc1ccccc1. The van der Waals surface area contributed by atoms with Gasteiger partial charge in [-0.2, -0.15) is 0 Å². The van der Waals surface area contributed by atoms with Gasteiger partial charge in [-0.1, -0.05) is 30.3 Å². The average Bonchev–Trinajstić information content (AvgIpc) is 2.54. The Kier molecular flexibility index (Phi) is 9.48. The van der Waals surface area contributed by atoms with Crippen molar-refractivity contribution in [1.29, 1.82) is 0 Å². The van der Waals surface area contributed by atoms with Crippen LogP contribution in [0.25, 0.3) is 0 Å². The zero-order valence-electron chi connectivity index (χ0n) is 13.1. The summed E-state index contributed by atoms with van der Waals surface area (Å²) in [6, 6.07) is 11.1. The zero-order chi connectivity index (χ0) is 15.4. The molecule has 0 saturated heterocycles. The minimum atomic E-state index is -2.53. The highest BCUT2D eigenvalue weighted by atomic mass is 28.4. The van der Waals surface area contributed by atoms with Gasteiger partial charge in [0.25, 0.3) is 0 Å². The lowest BCUT2D eigenvalue weighted by Crippen LogP contribution is -2.44. The van der Waals surface area contributed by atoms with Crippen LogP contribution in [0, 0.1) is 0 Å². The summed E-state index contributed by atoms with van der Waals surface area (Å²) in [7, 11) is 0.816. The Morgan fingerprint density at radius 3 is 2.43 bits per heavy atom. The van der Waals surface area contributed by atoms with Crippen LogP contribution in [0.2, 0.25) is 6.04 Å². The molecule has 1 rings (SSSR count). The third-order valence-electron chi connectivity index (χ3n) is 3.34. The Labute approximate surface area is 129 Å². The van der Waals surface area contributed by atoms with Crippen LogP contribution in [0.4, 0.5) is 0 Å². The highest BCUT2D eigenvalue weighted by Crippen LogP contribution is 2.16. The molecule has 0 amide bonds. The van der Waals surface area contributed by atoms with E-state index < -0.39 is 8.80 Å². The molecule has 120 valence electrons. The van der Waals surface area contributed by atoms with Crippen molar-refractivity contribution in [2.75, 3.05) is 40.5 Å². The van der Waals surface area contributed by atoms with Crippen LogP contribution in [0.3, 0.4) is 0 Å². The van der Waals surface area contributed by atoms with Crippen LogP contribution < -0.4 is 11.1 Å². The molecule has 21 heavy (non-hydrogen) atoms. The number of rotatable bonds is 12. The van der Waals surface area contributed by atoms with E-state index >= 15 is 0 Å². The molecule has 0 heterocycles. The molecule has 0 radical (unpaired) electrons. The number of hydrogen-bond donors (Lipinski definition) is 2. The molecule has 5 nitrogen and oxygen atoms in total. The highest BCUT2D eigenvalue weighted by Gasteiger charge is 2.38. The first-order valence-electron chi connectivity index (χ1n) is 7.45. The van der Waals surface area contributed by atoms with Crippen LogP contribution in [-0.4, -0.2) is 49.3 Å². The van der Waals surface area contributed by atoms with Crippen molar-refractivity contribution >= 4 is 8.80 Å². The molecule has 0 fully saturated rings. The molecule has 1 aromatic carbocycles. The lowest BCUT2D eigenvalue weighted by molar-refractivity contribution is 0.0988. The van der Waals surface area contributed by atoms with Gasteiger partial charge >= 0.3 is 8.80 Å². The maximum absolute atomic E-state index is 5.98. The lowest BCUT2D eigenvalue weighted by atomic mass is 10.2. The van der Waals surface area contributed by atoms with E-state index in [4.69, 9.17) is 19.0 Å². The van der Waals surface area contributed by atoms with Gasteiger partial charge in [-0.15, -0.1) is 0 Å². The Morgan fingerprint density at radius 1 is 1.10 bits per heavy atom. The van der Waals surface area contributed by atoms with Crippen LogP contribution >= 0.6 is 0 Å². The van der Waals surface area contributed by atoms with Crippen LogP contribution in [0.5, 0.6) is 0 Å². The molecule has 0 aliphatic carbocycles. The molecule has 0 unspecified atom stereocenters. The summed E-state index contributed by atoms with van der Waals surface area (Å²) in [5.41, 5.74) is 6.70. The average molecular weight is 312 g/mol. The van der Waals surface area contributed by atoms with Gasteiger partial charge in [-0.25, -0.2) is 0 Å². The van der Waals surface area contributed by atoms with Gasteiger partial charge < -0.3 is 24.3 Å². The van der Waals surface area contributed by atoms with Gasteiger partial charge in [0.05, 0.1) is 0 Å².